The first-order valence-electron chi connectivity index (χ1n) is 13.3. The van der Waals surface area contributed by atoms with E-state index in [0.29, 0.717) is 38.0 Å². The minimum absolute atomic E-state index is 0.167. The Morgan fingerprint density at radius 3 is 2.57 bits per heavy atom. The standard InChI is InChI=1S/C31H29N3O7S/c1-6-40-30(36)27-18(4)32-31-33(28(27)20-9-7-19(8-10-20)17(2)3)29(35)26(42-31)16-22-12-14-25(41-22)23-13-11-21(39-5)15-24(23)34(37)38/h7-17,28H,6H2,1-5H3. The monoisotopic (exact) mass is 587 g/mol. The molecule has 0 bridgehead atoms. The second kappa shape index (κ2) is 11.6. The van der Waals surface area contributed by atoms with E-state index < -0.39 is 16.9 Å². The number of aromatic nitrogens is 1. The van der Waals surface area contributed by atoms with E-state index in [1.807, 2.05) is 24.3 Å². The number of nitro benzene ring substituents is 1. The fraction of sp³-hybridized carbons (Fsp3) is 0.258. The summed E-state index contributed by atoms with van der Waals surface area (Å²) in [5.74, 6) is 0.749. The number of hydrogen-bond donors (Lipinski definition) is 0. The average molecular weight is 588 g/mol. The van der Waals surface area contributed by atoms with Gasteiger partial charge < -0.3 is 13.9 Å². The zero-order valence-corrected chi connectivity index (χ0v) is 24.6. The van der Waals surface area contributed by atoms with Crippen molar-refractivity contribution >= 4 is 29.1 Å². The molecule has 1 unspecified atom stereocenters. The van der Waals surface area contributed by atoms with Crippen LogP contribution >= 0.6 is 11.3 Å². The molecule has 42 heavy (non-hydrogen) atoms. The van der Waals surface area contributed by atoms with E-state index in [2.05, 4.69) is 18.8 Å². The van der Waals surface area contributed by atoms with Gasteiger partial charge in [0.05, 0.1) is 52.1 Å². The maximum absolute atomic E-state index is 13.9. The highest BCUT2D eigenvalue weighted by molar-refractivity contribution is 7.07. The summed E-state index contributed by atoms with van der Waals surface area (Å²) in [4.78, 5) is 43.2. The zero-order valence-electron chi connectivity index (χ0n) is 23.7. The number of esters is 1. The van der Waals surface area contributed by atoms with Crippen molar-refractivity contribution in [3.8, 4) is 17.1 Å². The van der Waals surface area contributed by atoms with Crippen molar-refractivity contribution in [1.29, 1.82) is 0 Å². The third-order valence-electron chi connectivity index (χ3n) is 7.00. The van der Waals surface area contributed by atoms with Crippen molar-refractivity contribution in [2.75, 3.05) is 13.7 Å². The molecule has 216 valence electrons. The number of nitro groups is 1. The summed E-state index contributed by atoms with van der Waals surface area (Å²) in [5, 5.41) is 11.7. The molecule has 1 aliphatic rings. The molecule has 0 amide bonds. The Bertz CT molecular complexity index is 1900. The van der Waals surface area contributed by atoms with E-state index in [-0.39, 0.29) is 29.2 Å². The lowest BCUT2D eigenvalue weighted by Crippen LogP contribution is -2.39. The van der Waals surface area contributed by atoms with Gasteiger partial charge in [-0.05, 0) is 55.2 Å². The predicted molar refractivity (Wildman–Crippen MR) is 158 cm³/mol. The normalized spacial score (nSPS) is 15.0. The largest absolute Gasteiger partial charge is 0.497 e. The molecule has 0 saturated carbocycles. The van der Waals surface area contributed by atoms with Crippen molar-refractivity contribution < 1.29 is 23.6 Å². The molecule has 10 nitrogen and oxygen atoms in total. The summed E-state index contributed by atoms with van der Waals surface area (Å²) in [6, 6.07) is 14.9. The Kier molecular flexibility index (Phi) is 7.95. The highest BCUT2D eigenvalue weighted by Gasteiger charge is 2.33. The summed E-state index contributed by atoms with van der Waals surface area (Å²) in [5.41, 5.74) is 2.44. The third kappa shape index (κ3) is 5.30. The number of methoxy groups -OCH3 is 1. The van der Waals surface area contributed by atoms with Crippen LogP contribution in [0.15, 0.2) is 80.1 Å². The fourth-order valence-corrected chi connectivity index (χ4v) is 5.90. The molecule has 0 saturated heterocycles. The van der Waals surface area contributed by atoms with Crippen LogP contribution in [0.4, 0.5) is 5.69 Å². The van der Waals surface area contributed by atoms with E-state index in [4.69, 9.17) is 13.9 Å². The van der Waals surface area contributed by atoms with Crippen LogP contribution in [-0.2, 0) is 9.53 Å². The number of furan rings is 1. The lowest BCUT2D eigenvalue weighted by molar-refractivity contribution is -0.384. The first kappa shape index (κ1) is 28.7. The number of allylic oxidation sites excluding steroid dienone is 1. The van der Waals surface area contributed by atoms with Crippen LogP contribution in [0.3, 0.4) is 0 Å². The van der Waals surface area contributed by atoms with Crippen LogP contribution in [-0.4, -0.2) is 29.2 Å². The Labute approximate surface area is 245 Å². The van der Waals surface area contributed by atoms with Crippen molar-refractivity contribution in [2.45, 2.75) is 39.7 Å². The van der Waals surface area contributed by atoms with E-state index >= 15 is 0 Å². The molecule has 1 aliphatic heterocycles. The highest BCUT2D eigenvalue weighted by atomic mass is 32.1. The lowest BCUT2D eigenvalue weighted by atomic mass is 9.93. The average Bonchev–Trinajstić information content (AvgIpc) is 3.56. The number of rotatable bonds is 8. The van der Waals surface area contributed by atoms with E-state index in [1.165, 1.54) is 29.1 Å². The summed E-state index contributed by atoms with van der Waals surface area (Å²) in [7, 11) is 1.43. The Hall–Kier alpha value is -4.77. The molecule has 1 atom stereocenters. The SMILES string of the molecule is CCOC(=O)C1=C(C)N=c2sc(=Cc3ccc(-c4ccc(OC)cc4[N+](=O)[O-])o3)c(=O)n2C1c1ccc(C(C)C)cc1. The summed E-state index contributed by atoms with van der Waals surface area (Å²) < 4.78 is 18.2. The third-order valence-corrected chi connectivity index (χ3v) is 7.99. The van der Waals surface area contributed by atoms with Gasteiger partial charge in [-0.2, -0.15) is 0 Å². The Morgan fingerprint density at radius 2 is 1.93 bits per heavy atom. The van der Waals surface area contributed by atoms with Crippen LogP contribution in [0.1, 0.15) is 56.5 Å². The number of hydrogen-bond acceptors (Lipinski definition) is 9. The summed E-state index contributed by atoms with van der Waals surface area (Å²) in [6.45, 7) is 7.84. The Balaban J connectivity index is 1.62. The molecular weight excluding hydrogens is 558 g/mol. The molecule has 2 aromatic heterocycles. The van der Waals surface area contributed by atoms with Gasteiger partial charge in [0.1, 0.15) is 17.3 Å². The van der Waals surface area contributed by atoms with Crippen LogP contribution in [0.25, 0.3) is 17.4 Å². The van der Waals surface area contributed by atoms with Crippen molar-refractivity contribution in [1.82, 2.24) is 4.57 Å². The molecule has 0 N–H and O–H groups in total. The smallest absolute Gasteiger partial charge is 0.338 e. The lowest BCUT2D eigenvalue weighted by Gasteiger charge is -2.25. The second-order valence-corrected chi connectivity index (χ2v) is 11.0. The molecular formula is C31H29N3O7S. The predicted octanol–water partition coefficient (Wildman–Crippen LogP) is 5.10. The molecule has 2 aromatic carbocycles. The van der Waals surface area contributed by atoms with Crippen LogP contribution in [0.5, 0.6) is 5.75 Å². The second-order valence-electron chi connectivity index (χ2n) is 9.97. The first-order valence-corrected chi connectivity index (χ1v) is 14.2. The molecule has 0 radical (unpaired) electrons. The number of carbonyl (C=O) groups excluding carboxylic acids is 1. The highest BCUT2D eigenvalue weighted by Crippen LogP contribution is 2.35. The van der Waals surface area contributed by atoms with Gasteiger partial charge >= 0.3 is 5.97 Å². The van der Waals surface area contributed by atoms with Gasteiger partial charge in [0, 0.05) is 6.08 Å². The molecule has 0 fully saturated rings. The summed E-state index contributed by atoms with van der Waals surface area (Å²) >= 11 is 1.17. The minimum atomic E-state index is -0.724. The van der Waals surface area contributed by atoms with Crippen molar-refractivity contribution in [3.05, 3.63) is 113 Å². The molecule has 5 rings (SSSR count). The fourth-order valence-electron chi connectivity index (χ4n) is 4.87. The molecule has 11 heteroatoms. The van der Waals surface area contributed by atoms with Crippen LogP contribution in [0.2, 0.25) is 0 Å². The van der Waals surface area contributed by atoms with Gasteiger partial charge in [-0.15, -0.1) is 0 Å². The molecule has 4 aromatic rings. The number of nitrogens with zero attached hydrogens (tertiary/aromatic N) is 3. The van der Waals surface area contributed by atoms with E-state index in [9.17, 15) is 19.7 Å². The van der Waals surface area contributed by atoms with E-state index in [0.717, 1.165) is 11.1 Å². The Morgan fingerprint density at radius 1 is 1.19 bits per heavy atom. The van der Waals surface area contributed by atoms with Gasteiger partial charge in [-0.3, -0.25) is 19.5 Å². The van der Waals surface area contributed by atoms with Gasteiger partial charge in [-0.1, -0.05) is 49.4 Å². The number of carbonyl (C=O) groups is 1. The van der Waals surface area contributed by atoms with Gasteiger partial charge in [-0.25, -0.2) is 9.79 Å². The quantitative estimate of drug-likeness (QED) is 0.160. The molecule has 3 heterocycles. The number of ether oxygens (including phenoxy) is 2. The van der Waals surface area contributed by atoms with Gasteiger partial charge in [0.15, 0.2) is 4.80 Å². The van der Waals surface area contributed by atoms with Crippen molar-refractivity contribution in [3.63, 3.8) is 0 Å². The number of thiazole rings is 1. The maximum atomic E-state index is 13.9. The number of fused-ring (bicyclic) bond motifs is 1. The van der Waals surface area contributed by atoms with E-state index in [1.54, 1.807) is 44.2 Å². The topological polar surface area (TPSA) is 126 Å². The first-order chi connectivity index (χ1) is 20.1. The van der Waals surface area contributed by atoms with Crippen LogP contribution < -0.4 is 19.6 Å². The summed E-state index contributed by atoms with van der Waals surface area (Å²) in [6.07, 6.45) is 1.57. The number of benzene rings is 2. The molecule has 0 spiro atoms. The molecule has 0 aliphatic carbocycles. The minimum Gasteiger partial charge on any atom is -0.497 e. The maximum Gasteiger partial charge on any atom is 0.338 e. The van der Waals surface area contributed by atoms with Gasteiger partial charge in [0.25, 0.3) is 11.2 Å². The van der Waals surface area contributed by atoms with Crippen molar-refractivity contribution in [2.24, 2.45) is 4.99 Å². The zero-order chi connectivity index (χ0) is 30.1. The van der Waals surface area contributed by atoms with Gasteiger partial charge in [0.2, 0.25) is 0 Å². The van der Waals surface area contributed by atoms with Crippen LogP contribution in [0, 0.1) is 10.1 Å².